The Morgan fingerprint density at radius 1 is 1.69 bits per heavy atom. The molecule has 0 fully saturated rings. The van der Waals surface area contributed by atoms with E-state index < -0.39 is 0 Å². The van der Waals surface area contributed by atoms with Crippen LogP contribution in [0.1, 0.15) is 17.3 Å². The smallest absolute Gasteiger partial charge is 0.255 e. The quantitative estimate of drug-likeness (QED) is 0.331. The van der Waals surface area contributed by atoms with E-state index in [9.17, 15) is 4.79 Å². The van der Waals surface area contributed by atoms with E-state index in [0.29, 0.717) is 12.1 Å². The molecule has 0 atom stereocenters. The number of oxime groups is 1. The molecule has 1 heterocycles. The topological polar surface area (TPSA) is 91.8 Å². The summed E-state index contributed by atoms with van der Waals surface area (Å²) in [4.78, 5) is 17.2. The highest BCUT2D eigenvalue weighted by molar-refractivity contribution is 5.96. The zero-order valence-electron chi connectivity index (χ0n) is 9.00. The van der Waals surface area contributed by atoms with Gasteiger partial charge >= 0.3 is 0 Å². The van der Waals surface area contributed by atoms with E-state index in [0.717, 1.165) is 0 Å². The van der Waals surface area contributed by atoms with Crippen molar-refractivity contribution in [2.24, 2.45) is 10.9 Å². The molecule has 0 unspecified atom stereocenters. The lowest BCUT2D eigenvalue weighted by Gasteiger charge is -2.19. The van der Waals surface area contributed by atoms with Crippen molar-refractivity contribution in [2.45, 2.75) is 6.92 Å². The Kier molecular flexibility index (Phi) is 4.26. The van der Waals surface area contributed by atoms with Gasteiger partial charge < -0.3 is 15.8 Å². The largest absolute Gasteiger partial charge is 0.409 e. The number of nitrogens with zero attached hydrogens (tertiary/aromatic N) is 3. The van der Waals surface area contributed by atoms with Gasteiger partial charge in [0.1, 0.15) is 0 Å². The van der Waals surface area contributed by atoms with Crippen LogP contribution in [0.25, 0.3) is 0 Å². The van der Waals surface area contributed by atoms with Crippen molar-refractivity contribution >= 4 is 11.7 Å². The van der Waals surface area contributed by atoms with Crippen molar-refractivity contribution in [3.05, 3.63) is 30.1 Å². The minimum absolute atomic E-state index is 0.000842. The number of amidine groups is 1. The molecule has 0 aliphatic carbocycles. The van der Waals surface area contributed by atoms with Crippen LogP contribution < -0.4 is 5.73 Å². The molecule has 0 aromatic carbocycles. The fourth-order valence-corrected chi connectivity index (χ4v) is 1.23. The van der Waals surface area contributed by atoms with E-state index in [1.54, 1.807) is 18.3 Å². The zero-order valence-corrected chi connectivity index (χ0v) is 9.00. The molecular formula is C10H14N4O2. The lowest BCUT2D eigenvalue weighted by Crippen LogP contribution is -2.38. The highest BCUT2D eigenvalue weighted by Gasteiger charge is 2.15. The summed E-state index contributed by atoms with van der Waals surface area (Å²) in [7, 11) is 0. The van der Waals surface area contributed by atoms with Crippen molar-refractivity contribution in [1.29, 1.82) is 0 Å². The third-order valence-electron chi connectivity index (χ3n) is 2.06. The van der Waals surface area contributed by atoms with Gasteiger partial charge in [0, 0.05) is 18.9 Å². The van der Waals surface area contributed by atoms with Crippen LogP contribution in [0.15, 0.2) is 29.7 Å². The predicted octanol–water partition coefficient (Wildman–Crippen LogP) is 0.290. The van der Waals surface area contributed by atoms with Crippen LogP contribution in [0.5, 0.6) is 0 Å². The molecular weight excluding hydrogens is 208 g/mol. The summed E-state index contributed by atoms with van der Waals surface area (Å²) in [6.45, 7) is 2.39. The van der Waals surface area contributed by atoms with Gasteiger partial charge in [0.25, 0.3) is 5.91 Å². The molecule has 0 bridgehead atoms. The number of hydrogen-bond donors (Lipinski definition) is 2. The molecule has 0 aliphatic rings. The number of rotatable bonds is 4. The maximum atomic E-state index is 11.9. The van der Waals surface area contributed by atoms with Gasteiger partial charge in [0.05, 0.1) is 12.1 Å². The number of carbonyl (C=O) groups excluding carboxylic acids is 1. The molecule has 0 saturated carbocycles. The molecule has 0 saturated heterocycles. The first-order chi connectivity index (χ1) is 7.69. The van der Waals surface area contributed by atoms with Crippen LogP contribution in [0, 0.1) is 0 Å². The van der Waals surface area contributed by atoms with E-state index in [-0.39, 0.29) is 18.3 Å². The summed E-state index contributed by atoms with van der Waals surface area (Å²) in [5, 5.41) is 11.3. The van der Waals surface area contributed by atoms with Gasteiger partial charge in [0.2, 0.25) is 0 Å². The van der Waals surface area contributed by atoms with E-state index in [2.05, 4.69) is 10.1 Å². The Balaban J connectivity index is 2.78. The molecule has 0 aliphatic heterocycles. The molecule has 86 valence electrons. The van der Waals surface area contributed by atoms with Crippen LogP contribution in [-0.4, -0.2) is 39.9 Å². The highest BCUT2D eigenvalue weighted by Crippen LogP contribution is 2.02. The third kappa shape index (κ3) is 2.94. The Labute approximate surface area is 93.4 Å². The van der Waals surface area contributed by atoms with Crippen LogP contribution in [0.4, 0.5) is 0 Å². The Hall–Kier alpha value is -2.11. The molecule has 16 heavy (non-hydrogen) atoms. The first-order valence-electron chi connectivity index (χ1n) is 4.84. The van der Waals surface area contributed by atoms with Crippen LogP contribution >= 0.6 is 0 Å². The van der Waals surface area contributed by atoms with Crippen LogP contribution in [0.2, 0.25) is 0 Å². The fraction of sp³-hybridized carbons (Fsp3) is 0.300. The number of pyridine rings is 1. The monoisotopic (exact) mass is 222 g/mol. The van der Waals surface area contributed by atoms with Crippen molar-refractivity contribution < 1.29 is 10.0 Å². The van der Waals surface area contributed by atoms with Gasteiger partial charge in [-0.2, -0.15) is 0 Å². The predicted molar refractivity (Wildman–Crippen MR) is 59.2 cm³/mol. The van der Waals surface area contributed by atoms with Gasteiger partial charge in [-0.15, -0.1) is 0 Å². The fourth-order valence-electron chi connectivity index (χ4n) is 1.23. The molecule has 1 amide bonds. The molecule has 1 rings (SSSR count). The maximum Gasteiger partial charge on any atom is 0.255 e. The standard InChI is InChI=1S/C10H14N4O2/c1-2-14(7-9(11)13-16)10(15)8-4-3-5-12-6-8/h3-6,16H,2,7H2,1H3,(H2,11,13). The molecule has 6 heteroatoms. The average Bonchev–Trinajstić information content (AvgIpc) is 2.35. The molecule has 1 aromatic heterocycles. The van der Waals surface area contributed by atoms with Gasteiger partial charge in [-0.3, -0.25) is 9.78 Å². The first-order valence-corrected chi connectivity index (χ1v) is 4.84. The van der Waals surface area contributed by atoms with Crippen LogP contribution in [0.3, 0.4) is 0 Å². The van der Waals surface area contributed by atoms with Crippen LogP contribution in [-0.2, 0) is 0 Å². The highest BCUT2D eigenvalue weighted by atomic mass is 16.4. The lowest BCUT2D eigenvalue weighted by molar-refractivity contribution is 0.0786. The Bertz CT molecular complexity index is 378. The van der Waals surface area contributed by atoms with E-state index in [4.69, 9.17) is 10.9 Å². The number of aromatic nitrogens is 1. The normalized spacial score (nSPS) is 11.2. The van der Waals surface area contributed by atoms with E-state index in [1.165, 1.54) is 11.1 Å². The second-order valence-electron chi connectivity index (χ2n) is 3.15. The minimum atomic E-state index is -0.192. The second-order valence-corrected chi connectivity index (χ2v) is 3.15. The summed E-state index contributed by atoms with van der Waals surface area (Å²) >= 11 is 0. The average molecular weight is 222 g/mol. The second kappa shape index (κ2) is 5.69. The SMILES string of the molecule is CCN(CC(N)=NO)C(=O)c1cccnc1. The third-order valence-corrected chi connectivity index (χ3v) is 2.06. The summed E-state index contributed by atoms with van der Waals surface area (Å²) in [6, 6.07) is 3.36. The van der Waals surface area contributed by atoms with Crippen molar-refractivity contribution in [3.63, 3.8) is 0 Å². The van der Waals surface area contributed by atoms with Gasteiger partial charge in [0.15, 0.2) is 5.84 Å². The summed E-state index contributed by atoms with van der Waals surface area (Å²) in [6.07, 6.45) is 3.08. The summed E-state index contributed by atoms with van der Waals surface area (Å²) in [5.41, 5.74) is 5.84. The summed E-state index contributed by atoms with van der Waals surface area (Å²) < 4.78 is 0. The van der Waals surface area contributed by atoms with Crippen molar-refractivity contribution in [2.75, 3.05) is 13.1 Å². The Morgan fingerprint density at radius 3 is 2.94 bits per heavy atom. The number of nitrogens with two attached hydrogens (primary N) is 1. The maximum absolute atomic E-state index is 11.9. The van der Waals surface area contributed by atoms with Crippen molar-refractivity contribution in [3.8, 4) is 0 Å². The minimum Gasteiger partial charge on any atom is -0.409 e. The van der Waals surface area contributed by atoms with E-state index >= 15 is 0 Å². The number of likely N-dealkylation sites (N-methyl/N-ethyl adjacent to an activating group) is 1. The lowest BCUT2D eigenvalue weighted by atomic mass is 10.2. The number of hydrogen-bond acceptors (Lipinski definition) is 4. The molecule has 6 nitrogen and oxygen atoms in total. The first kappa shape index (κ1) is 12.0. The molecule has 3 N–H and O–H groups in total. The molecule has 0 spiro atoms. The van der Waals surface area contributed by atoms with Gasteiger partial charge in [-0.1, -0.05) is 5.16 Å². The number of amides is 1. The zero-order chi connectivity index (χ0) is 12.0. The number of carbonyl (C=O) groups is 1. The van der Waals surface area contributed by atoms with Gasteiger partial charge in [-0.25, -0.2) is 0 Å². The molecule has 0 radical (unpaired) electrons. The van der Waals surface area contributed by atoms with Crippen molar-refractivity contribution in [1.82, 2.24) is 9.88 Å². The summed E-state index contributed by atoms with van der Waals surface area (Å²) in [5.74, 6) is -0.193. The molecule has 1 aromatic rings. The van der Waals surface area contributed by atoms with E-state index in [1.807, 2.05) is 6.92 Å². The van der Waals surface area contributed by atoms with Gasteiger partial charge in [-0.05, 0) is 19.1 Å². The Morgan fingerprint density at radius 2 is 2.44 bits per heavy atom.